The Labute approximate surface area is 172 Å². The first-order chi connectivity index (χ1) is 13.1. The minimum atomic E-state index is -1.16. The number of carbonyl (C=O) groups excluding carboxylic acids is 3. The first kappa shape index (κ1) is 26.5. The quantitative estimate of drug-likeness (QED) is 0.550. The Morgan fingerprint density at radius 1 is 0.966 bits per heavy atom. The summed E-state index contributed by atoms with van der Waals surface area (Å²) in [5.41, 5.74) is -1.45. The van der Waals surface area contributed by atoms with Crippen molar-refractivity contribution < 1.29 is 33.8 Å². The number of ether oxygens (including phenoxy) is 2. The van der Waals surface area contributed by atoms with E-state index in [-0.39, 0.29) is 19.5 Å². The smallest absolute Gasteiger partial charge is 0.408 e. The number of hydrogen-bond acceptors (Lipinski definition) is 6. The Kier molecular flexibility index (Phi) is 9.93. The van der Waals surface area contributed by atoms with E-state index in [0.717, 1.165) is 4.90 Å². The second-order valence-corrected chi connectivity index (χ2v) is 8.55. The Balaban J connectivity index is 5.23. The predicted molar refractivity (Wildman–Crippen MR) is 106 cm³/mol. The first-order valence-corrected chi connectivity index (χ1v) is 9.57. The van der Waals surface area contributed by atoms with Gasteiger partial charge in [0.1, 0.15) is 23.3 Å². The van der Waals surface area contributed by atoms with Gasteiger partial charge in [-0.3, -0.25) is 4.79 Å². The summed E-state index contributed by atoms with van der Waals surface area (Å²) in [4.78, 5) is 49.2. The molecule has 0 unspecified atom stereocenters. The fourth-order valence-corrected chi connectivity index (χ4v) is 2.29. The number of carbonyl (C=O) groups is 4. The molecule has 0 fully saturated rings. The van der Waals surface area contributed by atoms with Crippen LogP contribution < -0.4 is 10.6 Å². The molecule has 0 saturated carbocycles. The molecule has 10 nitrogen and oxygen atoms in total. The van der Waals surface area contributed by atoms with E-state index in [1.807, 2.05) is 0 Å². The molecule has 29 heavy (non-hydrogen) atoms. The molecule has 0 bridgehead atoms. The zero-order valence-electron chi connectivity index (χ0n) is 18.6. The van der Waals surface area contributed by atoms with Gasteiger partial charge in [0.25, 0.3) is 0 Å². The molecule has 0 aliphatic rings. The van der Waals surface area contributed by atoms with E-state index in [1.54, 1.807) is 48.5 Å². The van der Waals surface area contributed by atoms with Crippen molar-refractivity contribution in [2.75, 3.05) is 13.1 Å². The molecule has 0 aliphatic heterocycles. The van der Waals surface area contributed by atoms with Gasteiger partial charge < -0.3 is 30.1 Å². The molecule has 0 aromatic carbocycles. The van der Waals surface area contributed by atoms with Crippen LogP contribution in [0.4, 0.5) is 9.59 Å². The maximum Gasteiger partial charge on any atom is 0.408 e. The standard InChI is InChI=1S/C19H35N3O7/c1-9-22(12(2)15(24)25)14(23)13(21-17(27)29-19(6,7)8)10-11-20-16(26)28-18(3,4)5/h12-13H,9-11H2,1-8H3,(H,20,26)(H,21,27)(H,24,25)/t12-,13-/m0/s1. The summed E-state index contributed by atoms with van der Waals surface area (Å²) in [5, 5.41) is 14.2. The summed E-state index contributed by atoms with van der Waals surface area (Å²) in [6, 6.07) is -2.16. The maximum atomic E-state index is 12.9. The lowest BCUT2D eigenvalue weighted by atomic mass is 10.1. The molecule has 3 N–H and O–H groups in total. The van der Waals surface area contributed by atoms with Gasteiger partial charge in [-0.1, -0.05) is 0 Å². The van der Waals surface area contributed by atoms with Crippen LogP contribution in [0.5, 0.6) is 0 Å². The average Bonchev–Trinajstić information content (AvgIpc) is 2.50. The van der Waals surface area contributed by atoms with Gasteiger partial charge in [0.15, 0.2) is 0 Å². The largest absolute Gasteiger partial charge is 0.480 e. The highest BCUT2D eigenvalue weighted by Gasteiger charge is 2.32. The van der Waals surface area contributed by atoms with Crippen molar-refractivity contribution in [2.45, 2.75) is 85.1 Å². The zero-order valence-corrected chi connectivity index (χ0v) is 18.6. The molecule has 0 heterocycles. The number of rotatable bonds is 8. The first-order valence-electron chi connectivity index (χ1n) is 9.57. The third-order valence-corrected chi connectivity index (χ3v) is 3.54. The Hall–Kier alpha value is -2.52. The third kappa shape index (κ3) is 11.2. The van der Waals surface area contributed by atoms with Crippen LogP contribution in [0, 0.1) is 0 Å². The van der Waals surface area contributed by atoms with Crippen LogP contribution in [0.1, 0.15) is 61.8 Å². The van der Waals surface area contributed by atoms with Gasteiger partial charge in [0, 0.05) is 13.1 Å². The molecular weight excluding hydrogens is 382 g/mol. The number of likely N-dealkylation sites (N-methyl/N-ethyl adjacent to an activating group) is 1. The maximum absolute atomic E-state index is 12.9. The lowest BCUT2D eigenvalue weighted by Gasteiger charge is -2.30. The SMILES string of the molecule is CCN(C(=O)[C@H](CCNC(=O)OC(C)(C)C)NC(=O)OC(C)(C)C)[C@@H](C)C(=O)O. The Morgan fingerprint density at radius 3 is 1.86 bits per heavy atom. The summed E-state index contributed by atoms with van der Waals surface area (Å²) in [7, 11) is 0. The van der Waals surface area contributed by atoms with E-state index in [2.05, 4.69) is 10.6 Å². The van der Waals surface area contributed by atoms with Crippen molar-refractivity contribution in [1.29, 1.82) is 0 Å². The lowest BCUT2D eigenvalue weighted by Crippen LogP contribution is -2.54. The number of carboxylic acid groups (broad SMARTS) is 1. The van der Waals surface area contributed by atoms with E-state index in [9.17, 15) is 24.3 Å². The van der Waals surface area contributed by atoms with Crippen LogP contribution in [0.2, 0.25) is 0 Å². The monoisotopic (exact) mass is 417 g/mol. The van der Waals surface area contributed by atoms with E-state index >= 15 is 0 Å². The third-order valence-electron chi connectivity index (χ3n) is 3.54. The van der Waals surface area contributed by atoms with Crippen LogP contribution in [0.15, 0.2) is 0 Å². The molecule has 168 valence electrons. The highest BCUT2D eigenvalue weighted by Crippen LogP contribution is 2.10. The minimum Gasteiger partial charge on any atom is -0.480 e. The molecule has 0 aliphatic carbocycles. The van der Waals surface area contributed by atoms with E-state index < -0.39 is 47.3 Å². The number of nitrogens with one attached hydrogen (secondary N) is 2. The van der Waals surface area contributed by atoms with Crippen LogP contribution in [0.3, 0.4) is 0 Å². The fraction of sp³-hybridized carbons (Fsp3) is 0.789. The molecule has 0 radical (unpaired) electrons. The van der Waals surface area contributed by atoms with E-state index in [4.69, 9.17) is 9.47 Å². The molecular formula is C19H35N3O7. The highest BCUT2D eigenvalue weighted by atomic mass is 16.6. The van der Waals surface area contributed by atoms with Gasteiger partial charge in [0.05, 0.1) is 0 Å². The molecule has 0 spiro atoms. The molecule has 10 heteroatoms. The zero-order chi connectivity index (χ0) is 23.0. The van der Waals surface area contributed by atoms with Gasteiger partial charge in [-0.15, -0.1) is 0 Å². The van der Waals surface area contributed by atoms with Crippen LogP contribution in [-0.2, 0) is 19.1 Å². The summed E-state index contributed by atoms with van der Waals surface area (Å²) in [5.74, 6) is -1.75. The van der Waals surface area contributed by atoms with Gasteiger partial charge in [-0.2, -0.15) is 0 Å². The molecule has 0 aromatic heterocycles. The topological polar surface area (TPSA) is 134 Å². The number of aliphatic carboxylic acids is 1. The normalized spacial score (nSPS) is 13.7. The van der Waals surface area contributed by atoms with Gasteiger partial charge in [0.2, 0.25) is 5.91 Å². The van der Waals surface area contributed by atoms with Gasteiger partial charge >= 0.3 is 18.2 Å². The fourth-order valence-electron chi connectivity index (χ4n) is 2.29. The minimum absolute atomic E-state index is 0.0279. The second-order valence-electron chi connectivity index (χ2n) is 8.55. The Morgan fingerprint density at radius 2 is 1.45 bits per heavy atom. The van der Waals surface area contributed by atoms with Crippen molar-refractivity contribution in [3.8, 4) is 0 Å². The summed E-state index contributed by atoms with van der Waals surface area (Å²) >= 11 is 0. The van der Waals surface area contributed by atoms with E-state index in [0.29, 0.717) is 0 Å². The van der Waals surface area contributed by atoms with Gasteiger partial charge in [-0.25, -0.2) is 14.4 Å². The predicted octanol–water partition coefficient (Wildman–Crippen LogP) is 2.12. The van der Waals surface area contributed by atoms with E-state index in [1.165, 1.54) is 6.92 Å². The van der Waals surface area contributed by atoms with Crippen molar-refractivity contribution in [1.82, 2.24) is 15.5 Å². The summed E-state index contributed by atoms with van der Waals surface area (Å²) in [6.45, 7) is 13.4. The Bertz CT molecular complexity index is 594. The van der Waals surface area contributed by atoms with Crippen LogP contribution >= 0.6 is 0 Å². The highest BCUT2D eigenvalue weighted by molar-refractivity contribution is 5.89. The van der Waals surface area contributed by atoms with Gasteiger partial charge in [-0.05, 0) is 61.8 Å². The van der Waals surface area contributed by atoms with Crippen molar-refractivity contribution >= 4 is 24.1 Å². The van der Waals surface area contributed by atoms with Crippen molar-refractivity contribution in [3.63, 3.8) is 0 Å². The number of hydrogen-bond donors (Lipinski definition) is 3. The number of nitrogens with zero attached hydrogens (tertiary/aromatic N) is 1. The van der Waals surface area contributed by atoms with Crippen LogP contribution in [-0.4, -0.2) is 70.4 Å². The lowest BCUT2D eigenvalue weighted by molar-refractivity contribution is -0.150. The number of amides is 3. The molecule has 0 saturated heterocycles. The van der Waals surface area contributed by atoms with Crippen molar-refractivity contribution in [2.24, 2.45) is 0 Å². The average molecular weight is 418 g/mol. The number of carboxylic acids is 1. The summed E-state index contributed by atoms with van der Waals surface area (Å²) in [6.07, 6.45) is -1.44. The molecule has 0 rings (SSSR count). The summed E-state index contributed by atoms with van der Waals surface area (Å²) < 4.78 is 10.3. The molecule has 0 aromatic rings. The number of alkyl carbamates (subject to hydrolysis) is 2. The molecule has 2 atom stereocenters. The molecule has 3 amide bonds. The van der Waals surface area contributed by atoms with Crippen LogP contribution in [0.25, 0.3) is 0 Å². The van der Waals surface area contributed by atoms with Crippen molar-refractivity contribution in [3.05, 3.63) is 0 Å². The second kappa shape index (κ2) is 10.9.